The molecule has 0 saturated carbocycles. The van der Waals surface area contributed by atoms with E-state index in [4.69, 9.17) is 4.42 Å². The fourth-order valence-electron chi connectivity index (χ4n) is 3.63. The lowest BCUT2D eigenvalue weighted by molar-refractivity contribution is 0.0946. The molecule has 1 aromatic carbocycles. The second-order valence-corrected chi connectivity index (χ2v) is 8.26. The molecule has 8 heteroatoms. The van der Waals surface area contributed by atoms with Gasteiger partial charge in [0, 0.05) is 17.8 Å². The third-order valence-electron chi connectivity index (χ3n) is 5.35. The molecule has 0 radical (unpaired) electrons. The van der Waals surface area contributed by atoms with Crippen molar-refractivity contribution in [3.05, 3.63) is 82.5 Å². The number of aryl methyl sites for hydroxylation is 2. The van der Waals surface area contributed by atoms with E-state index in [1.54, 1.807) is 18.4 Å². The first kappa shape index (κ1) is 21.8. The van der Waals surface area contributed by atoms with Crippen LogP contribution in [0.5, 0.6) is 0 Å². The summed E-state index contributed by atoms with van der Waals surface area (Å²) in [6.45, 7) is 6.90. The van der Waals surface area contributed by atoms with Crippen LogP contribution in [0.2, 0.25) is 0 Å². The lowest BCUT2D eigenvalue weighted by Gasteiger charge is -2.12. The largest absolute Gasteiger partial charge is 0.461 e. The van der Waals surface area contributed by atoms with E-state index in [1.807, 2.05) is 49.9 Å². The Morgan fingerprint density at radius 2 is 1.84 bits per heavy atom. The van der Waals surface area contributed by atoms with Gasteiger partial charge in [-0.3, -0.25) is 9.48 Å². The van der Waals surface area contributed by atoms with Crippen LogP contribution in [0.1, 0.15) is 38.6 Å². The summed E-state index contributed by atoms with van der Waals surface area (Å²) < 4.78 is 7.39. The van der Waals surface area contributed by atoms with Crippen molar-refractivity contribution >= 4 is 17.7 Å². The number of benzene rings is 1. The van der Waals surface area contributed by atoms with Crippen molar-refractivity contribution in [3.8, 4) is 11.6 Å². The number of hydrogen-bond acceptors (Lipinski definition) is 6. The maximum atomic E-state index is 13.1. The van der Waals surface area contributed by atoms with Crippen LogP contribution in [0.3, 0.4) is 0 Å². The first-order chi connectivity index (χ1) is 15.5. The zero-order valence-corrected chi connectivity index (χ0v) is 19.4. The van der Waals surface area contributed by atoms with E-state index >= 15 is 0 Å². The van der Waals surface area contributed by atoms with Crippen LogP contribution in [-0.4, -0.2) is 31.9 Å². The summed E-state index contributed by atoms with van der Waals surface area (Å²) in [7, 11) is 0. The Hall–Kier alpha value is -3.39. The SMILES string of the molecule is CSc1nc(-c2ccco2)nc(C)c1C(=O)NCc1c(C)nn(Cc2ccccc2)c1C. The molecule has 0 unspecified atom stereocenters. The van der Waals surface area contributed by atoms with Crippen LogP contribution in [0.4, 0.5) is 0 Å². The predicted octanol–water partition coefficient (Wildman–Crippen LogP) is 4.56. The number of thioether (sulfide) groups is 1. The Morgan fingerprint density at radius 1 is 1.06 bits per heavy atom. The third-order valence-corrected chi connectivity index (χ3v) is 6.03. The lowest BCUT2D eigenvalue weighted by atomic mass is 10.1. The molecule has 0 atom stereocenters. The Bertz CT molecular complexity index is 1230. The number of nitrogens with one attached hydrogen (secondary N) is 1. The van der Waals surface area contributed by atoms with Crippen molar-refractivity contribution < 1.29 is 9.21 Å². The molecule has 1 N–H and O–H groups in total. The Morgan fingerprint density at radius 3 is 2.53 bits per heavy atom. The molecule has 0 aliphatic rings. The highest BCUT2D eigenvalue weighted by Gasteiger charge is 2.21. The molecule has 0 aliphatic carbocycles. The van der Waals surface area contributed by atoms with Gasteiger partial charge in [-0.05, 0) is 44.7 Å². The fraction of sp³-hybridized carbons (Fsp3) is 0.250. The summed E-state index contributed by atoms with van der Waals surface area (Å²) >= 11 is 1.41. The first-order valence-corrected chi connectivity index (χ1v) is 11.5. The van der Waals surface area contributed by atoms with Gasteiger partial charge >= 0.3 is 0 Å². The van der Waals surface area contributed by atoms with Gasteiger partial charge in [-0.15, -0.1) is 11.8 Å². The van der Waals surface area contributed by atoms with Crippen LogP contribution in [0.15, 0.2) is 58.2 Å². The average Bonchev–Trinajstić information content (AvgIpc) is 3.41. The summed E-state index contributed by atoms with van der Waals surface area (Å²) in [6, 6.07) is 13.8. The average molecular weight is 448 g/mol. The molecule has 4 rings (SSSR count). The zero-order chi connectivity index (χ0) is 22.7. The molecule has 0 fully saturated rings. The number of aromatic nitrogens is 4. The van der Waals surface area contributed by atoms with Gasteiger partial charge in [0.15, 0.2) is 11.6 Å². The van der Waals surface area contributed by atoms with E-state index in [9.17, 15) is 4.79 Å². The highest BCUT2D eigenvalue weighted by atomic mass is 32.2. The number of hydrogen-bond donors (Lipinski definition) is 1. The Balaban J connectivity index is 1.53. The lowest BCUT2D eigenvalue weighted by Crippen LogP contribution is -2.26. The zero-order valence-electron chi connectivity index (χ0n) is 18.5. The first-order valence-electron chi connectivity index (χ1n) is 10.3. The van der Waals surface area contributed by atoms with Gasteiger partial charge in [0.2, 0.25) is 0 Å². The summed E-state index contributed by atoms with van der Waals surface area (Å²) in [5.74, 6) is 0.849. The van der Waals surface area contributed by atoms with Crippen molar-refractivity contribution in [3.63, 3.8) is 0 Å². The van der Waals surface area contributed by atoms with Crippen LogP contribution >= 0.6 is 11.8 Å². The van der Waals surface area contributed by atoms with E-state index in [-0.39, 0.29) is 5.91 Å². The minimum atomic E-state index is -0.201. The van der Waals surface area contributed by atoms with Gasteiger partial charge in [-0.1, -0.05) is 30.3 Å². The minimum Gasteiger partial charge on any atom is -0.461 e. The van der Waals surface area contributed by atoms with Crippen LogP contribution < -0.4 is 5.32 Å². The number of nitrogens with zero attached hydrogens (tertiary/aromatic N) is 4. The summed E-state index contributed by atoms with van der Waals surface area (Å²) in [5.41, 5.74) is 5.25. The fourth-order valence-corrected chi connectivity index (χ4v) is 4.25. The van der Waals surface area contributed by atoms with Gasteiger partial charge in [0.25, 0.3) is 5.91 Å². The minimum absolute atomic E-state index is 0.201. The van der Waals surface area contributed by atoms with E-state index in [1.165, 1.54) is 17.3 Å². The van der Waals surface area contributed by atoms with Crippen LogP contribution in [0.25, 0.3) is 11.6 Å². The summed E-state index contributed by atoms with van der Waals surface area (Å²) in [4.78, 5) is 22.1. The second kappa shape index (κ2) is 9.40. The van der Waals surface area contributed by atoms with E-state index in [0.717, 1.165) is 17.0 Å². The molecule has 3 aromatic heterocycles. The highest BCUT2D eigenvalue weighted by molar-refractivity contribution is 7.98. The third kappa shape index (κ3) is 4.45. The molecule has 7 nitrogen and oxygen atoms in total. The number of rotatable bonds is 7. The van der Waals surface area contributed by atoms with Crippen molar-refractivity contribution in [2.45, 2.75) is 38.9 Å². The normalized spacial score (nSPS) is 11.0. The van der Waals surface area contributed by atoms with Crippen molar-refractivity contribution in [1.82, 2.24) is 25.1 Å². The Labute approximate surface area is 191 Å². The molecule has 0 bridgehead atoms. The number of carbonyl (C=O) groups excluding carboxylic acids is 1. The monoisotopic (exact) mass is 447 g/mol. The molecule has 0 aliphatic heterocycles. The van der Waals surface area contributed by atoms with Crippen molar-refractivity contribution in [2.75, 3.05) is 6.26 Å². The quantitative estimate of drug-likeness (QED) is 0.330. The number of carbonyl (C=O) groups is 1. The molecule has 164 valence electrons. The molecule has 32 heavy (non-hydrogen) atoms. The predicted molar refractivity (Wildman–Crippen MR) is 125 cm³/mol. The molecule has 1 amide bonds. The second-order valence-electron chi connectivity index (χ2n) is 7.47. The standard InChI is InChI=1S/C24H25N5O2S/c1-15-19(17(3)29(28-15)14-18-9-6-5-7-10-18)13-25-23(30)21-16(2)26-22(27-24(21)32-4)20-11-8-12-31-20/h5-12H,13-14H2,1-4H3,(H,25,30). The molecule has 0 spiro atoms. The molecular formula is C24H25N5O2S. The molecule has 0 saturated heterocycles. The smallest absolute Gasteiger partial charge is 0.256 e. The molecule has 4 aromatic rings. The topological polar surface area (TPSA) is 85.8 Å². The van der Waals surface area contributed by atoms with Crippen LogP contribution in [0, 0.1) is 20.8 Å². The number of furan rings is 1. The van der Waals surface area contributed by atoms with Crippen molar-refractivity contribution in [2.24, 2.45) is 0 Å². The van der Waals surface area contributed by atoms with Gasteiger partial charge in [0.05, 0.1) is 29.8 Å². The molecule has 3 heterocycles. The van der Waals surface area contributed by atoms with E-state index < -0.39 is 0 Å². The highest BCUT2D eigenvalue weighted by Crippen LogP contribution is 2.25. The Kier molecular flexibility index (Phi) is 6.41. The maximum Gasteiger partial charge on any atom is 0.256 e. The van der Waals surface area contributed by atoms with Gasteiger partial charge < -0.3 is 9.73 Å². The van der Waals surface area contributed by atoms with Crippen molar-refractivity contribution in [1.29, 1.82) is 0 Å². The van der Waals surface area contributed by atoms with Gasteiger partial charge in [-0.25, -0.2) is 9.97 Å². The molecular weight excluding hydrogens is 422 g/mol. The van der Waals surface area contributed by atoms with Gasteiger partial charge in [-0.2, -0.15) is 5.10 Å². The van der Waals surface area contributed by atoms with Crippen LogP contribution in [-0.2, 0) is 13.1 Å². The van der Waals surface area contributed by atoms with E-state index in [0.29, 0.717) is 41.0 Å². The summed E-state index contributed by atoms with van der Waals surface area (Å²) in [5, 5.41) is 8.33. The summed E-state index contributed by atoms with van der Waals surface area (Å²) in [6.07, 6.45) is 3.47. The number of amides is 1. The van der Waals surface area contributed by atoms with Gasteiger partial charge in [0.1, 0.15) is 5.03 Å². The van der Waals surface area contributed by atoms with E-state index in [2.05, 4.69) is 32.5 Å². The maximum absolute atomic E-state index is 13.1.